The summed E-state index contributed by atoms with van der Waals surface area (Å²) in [5.41, 5.74) is 4.52. The van der Waals surface area contributed by atoms with Crippen molar-refractivity contribution in [2.24, 2.45) is 5.41 Å². The maximum absolute atomic E-state index is 13.2. The Balaban J connectivity index is 1.24. The van der Waals surface area contributed by atoms with E-state index in [0.717, 1.165) is 48.6 Å². The number of ether oxygens (including phenoxy) is 2. The molecule has 29 heavy (non-hydrogen) atoms. The van der Waals surface area contributed by atoms with Gasteiger partial charge < -0.3 is 19.7 Å². The van der Waals surface area contributed by atoms with Crippen LogP contribution >= 0.6 is 0 Å². The highest BCUT2D eigenvalue weighted by molar-refractivity contribution is 6.01. The largest absolute Gasteiger partial charge is 0.454 e. The lowest BCUT2D eigenvalue weighted by Gasteiger charge is -2.27. The fraction of sp³-hybridized carbons (Fsp3) is 0.458. The van der Waals surface area contributed by atoms with Gasteiger partial charge in [-0.2, -0.15) is 0 Å². The Bertz CT molecular complexity index is 1020. The third-order valence-corrected chi connectivity index (χ3v) is 7.45. The van der Waals surface area contributed by atoms with E-state index in [9.17, 15) is 4.79 Å². The highest BCUT2D eigenvalue weighted by Crippen LogP contribution is 2.51. The lowest BCUT2D eigenvalue weighted by atomic mass is 9.83. The highest BCUT2D eigenvalue weighted by atomic mass is 16.7. The van der Waals surface area contributed by atoms with Crippen LogP contribution < -0.4 is 19.7 Å². The van der Waals surface area contributed by atoms with E-state index >= 15 is 0 Å². The van der Waals surface area contributed by atoms with Crippen molar-refractivity contribution in [3.05, 3.63) is 47.5 Å². The number of carbonyl (C=O) groups is 1. The molecule has 2 aromatic carbocycles. The van der Waals surface area contributed by atoms with Crippen LogP contribution in [0.4, 0.5) is 11.4 Å². The zero-order valence-corrected chi connectivity index (χ0v) is 17.0. The number of fused-ring (bicyclic) bond motifs is 4. The quantitative estimate of drug-likeness (QED) is 0.851. The predicted molar refractivity (Wildman–Crippen MR) is 112 cm³/mol. The normalized spacial score (nSPS) is 24.2. The molecule has 6 rings (SSSR count). The standard InChI is InChI=1S/C24H26N2O3/c1-23(2)9-10-26-18-5-4-17(11-15(18)12-21(23)26)25-22(27)24(7-8-24)16-3-6-19-20(13-16)29-14-28-19/h3-6,11,13,21H,7-10,12,14H2,1-2H3,(H,25,27). The number of rotatable bonds is 3. The van der Waals surface area contributed by atoms with Crippen LogP contribution in [-0.2, 0) is 16.6 Å². The summed E-state index contributed by atoms with van der Waals surface area (Å²) in [5.74, 6) is 1.57. The van der Waals surface area contributed by atoms with E-state index in [1.807, 2.05) is 18.2 Å². The fourth-order valence-corrected chi connectivity index (χ4v) is 5.36. The van der Waals surface area contributed by atoms with Gasteiger partial charge in [-0.3, -0.25) is 4.79 Å². The minimum Gasteiger partial charge on any atom is -0.454 e. The van der Waals surface area contributed by atoms with Crippen molar-refractivity contribution >= 4 is 17.3 Å². The van der Waals surface area contributed by atoms with Crippen LogP contribution in [0.1, 0.15) is 44.2 Å². The zero-order chi connectivity index (χ0) is 19.8. The van der Waals surface area contributed by atoms with Crippen molar-refractivity contribution in [2.45, 2.75) is 51.0 Å². The van der Waals surface area contributed by atoms with E-state index in [0.29, 0.717) is 11.5 Å². The zero-order valence-electron chi connectivity index (χ0n) is 17.0. The fourth-order valence-electron chi connectivity index (χ4n) is 5.36. The molecule has 1 unspecified atom stereocenters. The Kier molecular flexibility index (Phi) is 3.37. The molecular weight excluding hydrogens is 364 g/mol. The Morgan fingerprint density at radius 3 is 2.72 bits per heavy atom. The van der Waals surface area contributed by atoms with Gasteiger partial charge in [-0.25, -0.2) is 0 Å². The molecule has 150 valence electrons. The SMILES string of the molecule is CC1(C)CCN2c3ccc(NC(=O)C4(c5ccc6c(c5)OCO6)CC4)cc3CC21. The predicted octanol–water partition coefficient (Wildman–Crippen LogP) is 4.25. The second-order valence-corrected chi connectivity index (χ2v) is 9.60. The number of anilines is 2. The van der Waals surface area contributed by atoms with Crippen LogP contribution in [0, 0.1) is 5.41 Å². The van der Waals surface area contributed by atoms with Gasteiger partial charge in [-0.05, 0) is 72.6 Å². The number of amides is 1. The lowest BCUT2D eigenvalue weighted by Crippen LogP contribution is -2.33. The third-order valence-electron chi connectivity index (χ3n) is 7.45. The van der Waals surface area contributed by atoms with Gasteiger partial charge in [0, 0.05) is 24.0 Å². The van der Waals surface area contributed by atoms with Crippen molar-refractivity contribution in [2.75, 3.05) is 23.6 Å². The van der Waals surface area contributed by atoms with Crippen LogP contribution in [0.25, 0.3) is 0 Å². The number of hydrogen-bond acceptors (Lipinski definition) is 4. The second-order valence-electron chi connectivity index (χ2n) is 9.60. The topological polar surface area (TPSA) is 50.8 Å². The highest BCUT2D eigenvalue weighted by Gasteiger charge is 2.52. The monoisotopic (exact) mass is 390 g/mol. The van der Waals surface area contributed by atoms with Gasteiger partial charge in [0.25, 0.3) is 0 Å². The average molecular weight is 390 g/mol. The minimum absolute atomic E-state index is 0.0788. The van der Waals surface area contributed by atoms with E-state index < -0.39 is 5.41 Å². The number of carbonyl (C=O) groups excluding carboxylic acids is 1. The van der Waals surface area contributed by atoms with Gasteiger partial charge in [-0.15, -0.1) is 0 Å². The molecule has 1 saturated carbocycles. The first-order valence-corrected chi connectivity index (χ1v) is 10.6. The van der Waals surface area contributed by atoms with Gasteiger partial charge in [-0.1, -0.05) is 19.9 Å². The van der Waals surface area contributed by atoms with Gasteiger partial charge >= 0.3 is 0 Å². The van der Waals surface area contributed by atoms with Crippen molar-refractivity contribution in [3.63, 3.8) is 0 Å². The molecule has 0 radical (unpaired) electrons. The first kappa shape index (κ1) is 17.2. The maximum atomic E-state index is 13.2. The molecule has 2 aromatic rings. The summed E-state index contributed by atoms with van der Waals surface area (Å²) in [6.45, 7) is 6.12. The molecule has 3 heterocycles. The van der Waals surface area contributed by atoms with Gasteiger partial charge in [0.05, 0.1) is 5.41 Å². The lowest BCUT2D eigenvalue weighted by molar-refractivity contribution is -0.118. The van der Waals surface area contributed by atoms with E-state index in [4.69, 9.17) is 9.47 Å². The van der Waals surface area contributed by atoms with E-state index in [2.05, 4.69) is 42.3 Å². The van der Waals surface area contributed by atoms with Crippen molar-refractivity contribution in [1.29, 1.82) is 0 Å². The molecule has 4 aliphatic rings. The van der Waals surface area contributed by atoms with Crippen LogP contribution in [0.3, 0.4) is 0 Å². The van der Waals surface area contributed by atoms with Crippen molar-refractivity contribution in [1.82, 2.24) is 0 Å². The molecule has 1 aliphatic carbocycles. The van der Waals surface area contributed by atoms with Gasteiger partial charge in [0.2, 0.25) is 12.7 Å². The summed E-state index contributed by atoms with van der Waals surface area (Å²) in [4.78, 5) is 15.8. The number of benzene rings is 2. The Morgan fingerprint density at radius 2 is 1.90 bits per heavy atom. The summed E-state index contributed by atoms with van der Waals surface area (Å²) in [6.07, 6.45) is 4.05. The summed E-state index contributed by atoms with van der Waals surface area (Å²) in [5, 5.41) is 3.20. The number of hydrogen-bond donors (Lipinski definition) is 1. The summed E-state index contributed by atoms with van der Waals surface area (Å²) in [7, 11) is 0. The molecule has 1 atom stereocenters. The number of nitrogens with zero attached hydrogens (tertiary/aromatic N) is 1. The van der Waals surface area contributed by atoms with E-state index in [-0.39, 0.29) is 12.7 Å². The van der Waals surface area contributed by atoms with Gasteiger partial charge in [0.1, 0.15) is 0 Å². The smallest absolute Gasteiger partial charge is 0.235 e. The Hall–Kier alpha value is -2.69. The van der Waals surface area contributed by atoms with Gasteiger partial charge in [0.15, 0.2) is 11.5 Å². The number of nitrogens with one attached hydrogen (secondary N) is 1. The van der Waals surface area contributed by atoms with Crippen molar-refractivity contribution < 1.29 is 14.3 Å². The van der Waals surface area contributed by atoms with Crippen LogP contribution in [0.15, 0.2) is 36.4 Å². The molecule has 1 saturated heterocycles. The first-order valence-electron chi connectivity index (χ1n) is 10.6. The van der Waals surface area contributed by atoms with E-state index in [1.165, 1.54) is 17.7 Å². The molecular formula is C24H26N2O3. The average Bonchev–Trinajstić information content (AvgIpc) is 3.10. The summed E-state index contributed by atoms with van der Waals surface area (Å²) < 4.78 is 10.9. The molecule has 0 aromatic heterocycles. The molecule has 0 bridgehead atoms. The molecule has 5 heteroatoms. The molecule has 0 spiro atoms. The summed E-state index contributed by atoms with van der Waals surface area (Å²) in [6, 6.07) is 12.9. The molecule has 5 nitrogen and oxygen atoms in total. The molecule has 3 aliphatic heterocycles. The molecule has 2 fully saturated rings. The minimum atomic E-state index is -0.442. The van der Waals surface area contributed by atoms with Crippen LogP contribution in [-0.4, -0.2) is 25.3 Å². The van der Waals surface area contributed by atoms with Crippen LogP contribution in [0.5, 0.6) is 11.5 Å². The van der Waals surface area contributed by atoms with E-state index in [1.54, 1.807) is 0 Å². The third kappa shape index (κ3) is 2.49. The summed E-state index contributed by atoms with van der Waals surface area (Å²) >= 11 is 0. The molecule has 1 amide bonds. The Labute approximate surface area is 171 Å². The first-order chi connectivity index (χ1) is 14.0. The maximum Gasteiger partial charge on any atom is 0.235 e. The Morgan fingerprint density at radius 1 is 1.07 bits per heavy atom. The van der Waals surface area contributed by atoms with Crippen molar-refractivity contribution in [3.8, 4) is 11.5 Å². The van der Waals surface area contributed by atoms with Crippen LogP contribution in [0.2, 0.25) is 0 Å². The second kappa shape index (κ2) is 5.68. The molecule has 1 N–H and O–H groups in total.